The van der Waals surface area contributed by atoms with Gasteiger partial charge in [-0.3, -0.25) is 0 Å². The Labute approximate surface area is 186 Å². The summed E-state index contributed by atoms with van der Waals surface area (Å²) in [5.41, 5.74) is 0. The number of hydrogen-bond donors (Lipinski definition) is 2. The van der Waals surface area contributed by atoms with Crippen LogP contribution in [0.15, 0.2) is 0 Å². The molecule has 2 unspecified atom stereocenters. The van der Waals surface area contributed by atoms with E-state index in [4.69, 9.17) is 0 Å². The van der Waals surface area contributed by atoms with Gasteiger partial charge in [-0.25, -0.2) is 26.3 Å². The lowest BCUT2D eigenvalue weighted by Gasteiger charge is -2.32. The Hall–Kier alpha value is -0.180. The molecule has 30 heavy (non-hydrogen) atoms. The first-order valence-electron chi connectivity index (χ1n) is 12.3. The molecule has 6 nitrogen and oxygen atoms in total. The van der Waals surface area contributed by atoms with Crippen LogP contribution in [0, 0.1) is 0 Å². The third-order valence-electron chi connectivity index (χ3n) is 5.96. The zero-order valence-corrected chi connectivity index (χ0v) is 21.0. The quantitative estimate of drug-likeness (QED) is 0.282. The van der Waals surface area contributed by atoms with Crippen LogP contribution >= 0.6 is 0 Å². The average Bonchev–Trinajstić information content (AvgIpc) is 2.68. The summed E-state index contributed by atoms with van der Waals surface area (Å²) in [7, 11) is -6.75. The van der Waals surface area contributed by atoms with Crippen LogP contribution < -0.4 is 9.44 Å². The van der Waals surface area contributed by atoms with E-state index < -0.39 is 20.0 Å². The van der Waals surface area contributed by atoms with Crippen molar-refractivity contribution in [3.8, 4) is 0 Å². The maximum Gasteiger partial charge on any atom is 0.211 e. The molecule has 1 aliphatic rings. The van der Waals surface area contributed by atoms with Crippen molar-refractivity contribution in [2.75, 3.05) is 11.5 Å². The molecule has 0 bridgehead atoms. The smallest absolute Gasteiger partial charge is 0.211 e. The topological polar surface area (TPSA) is 92.3 Å². The zero-order valence-electron chi connectivity index (χ0n) is 19.3. The molecule has 0 heterocycles. The lowest BCUT2D eigenvalue weighted by Crippen LogP contribution is -2.53. The van der Waals surface area contributed by atoms with Gasteiger partial charge in [0.1, 0.15) is 0 Å². The number of rotatable bonds is 18. The van der Waals surface area contributed by atoms with Gasteiger partial charge in [-0.05, 0) is 25.7 Å². The van der Waals surface area contributed by atoms with Crippen molar-refractivity contribution < 1.29 is 16.8 Å². The van der Waals surface area contributed by atoms with Gasteiger partial charge in [0.05, 0.1) is 11.5 Å². The predicted molar refractivity (Wildman–Crippen MR) is 127 cm³/mol. The van der Waals surface area contributed by atoms with E-state index in [0.29, 0.717) is 25.7 Å². The summed E-state index contributed by atoms with van der Waals surface area (Å²) in [5.74, 6) is 0.264. The van der Waals surface area contributed by atoms with Crippen molar-refractivity contribution in [3.05, 3.63) is 0 Å². The Bertz CT molecular complexity index is 580. The lowest BCUT2D eigenvalue weighted by molar-refractivity contribution is 0.340. The van der Waals surface area contributed by atoms with Gasteiger partial charge in [-0.2, -0.15) is 0 Å². The van der Waals surface area contributed by atoms with E-state index in [1.807, 2.05) is 0 Å². The molecule has 0 saturated heterocycles. The molecule has 0 aromatic carbocycles. The minimum absolute atomic E-state index is 0.132. The molecule has 1 aliphatic carbocycles. The molecule has 0 amide bonds. The van der Waals surface area contributed by atoms with E-state index in [1.54, 1.807) is 0 Å². The maximum atomic E-state index is 12.5. The molecule has 0 spiro atoms. The summed E-state index contributed by atoms with van der Waals surface area (Å²) < 4.78 is 55.6. The summed E-state index contributed by atoms with van der Waals surface area (Å²) >= 11 is 0. The fraction of sp³-hybridized carbons (Fsp3) is 1.00. The van der Waals surface area contributed by atoms with Crippen molar-refractivity contribution in [3.63, 3.8) is 0 Å². The summed E-state index contributed by atoms with van der Waals surface area (Å²) in [6, 6.07) is -0.661. The number of nitrogens with one attached hydrogen (secondary N) is 2. The molecule has 2 atom stereocenters. The molecule has 2 N–H and O–H groups in total. The van der Waals surface area contributed by atoms with Crippen molar-refractivity contribution >= 4 is 20.0 Å². The molecular weight excluding hydrogens is 420 g/mol. The first-order chi connectivity index (χ1) is 14.3. The normalized spacial score (nSPS) is 20.5. The summed E-state index contributed by atoms with van der Waals surface area (Å²) in [6.45, 7) is 4.33. The van der Waals surface area contributed by atoms with E-state index >= 15 is 0 Å². The largest absolute Gasteiger partial charge is 0.212 e. The molecule has 0 aromatic heterocycles. The number of sulfonamides is 2. The first-order valence-corrected chi connectivity index (χ1v) is 15.6. The first kappa shape index (κ1) is 27.9. The number of hydrogen-bond acceptors (Lipinski definition) is 4. The van der Waals surface area contributed by atoms with Crippen LogP contribution in [0.3, 0.4) is 0 Å². The highest BCUT2D eigenvalue weighted by molar-refractivity contribution is 7.89. The SMILES string of the molecule is CCCCCCCCS(=O)(=O)NC1CCCCC1NS(=O)(=O)CCCCCCCC. The van der Waals surface area contributed by atoms with Crippen LogP contribution in [0.5, 0.6) is 0 Å². The third-order valence-corrected chi connectivity index (χ3v) is 8.94. The van der Waals surface area contributed by atoms with E-state index in [9.17, 15) is 16.8 Å². The Morgan fingerprint density at radius 2 is 0.900 bits per heavy atom. The van der Waals surface area contributed by atoms with Crippen molar-refractivity contribution in [2.45, 2.75) is 129 Å². The molecule has 1 fully saturated rings. The van der Waals surface area contributed by atoms with Gasteiger partial charge in [0.2, 0.25) is 20.0 Å². The highest BCUT2D eigenvalue weighted by Gasteiger charge is 2.31. The minimum Gasteiger partial charge on any atom is -0.212 e. The van der Waals surface area contributed by atoms with Gasteiger partial charge >= 0.3 is 0 Å². The summed E-state index contributed by atoms with van der Waals surface area (Å²) in [5, 5.41) is 0. The molecular formula is C22H46N2O4S2. The van der Waals surface area contributed by atoms with Gasteiger partial charge in [0, 0.05) is 12.1 Å². The van der Waals surface area contributed by atoms with E-state index in [-0.39, 0.29) is 23.6 Å². The van der Waals surface area contributed by atoms with Crippen LogP contribution in [0.1, 0.15) is 117 Å². The van der Waals surface area contributed by atoms with Gasteiger partial charge in [0.15, 0.2) is 0 Å². The Balaban J connectivity index is 2.43. The molecule has 180 valence electrons. The Kier molecular flexibility index (Phi) is 14.5. The van der Waals surface area contributed by atoms with E-state index in [0.717, 1.165) is 51.4 Å². The lowest BCUT2D eigenvalue weighted by atomic mass is 9.92. The van der Waals surface area contributed by atoms with Crippen LogP contribution in [-0.4, -0.2) is 40.4 Å². The minimum atomic E-state index is -3.38. The van der Waals surface area contributed by atoms with Crippen molar-refractivity contribution in [2.24, 2.45) is 0 Å². The predicted octanol–water partition coefficient (Wildman–Crippen LogP) is 4.86. The van der Waals surface area contributed by atoms with E-state index in [2.05, 4.69) is 23.3 Å². The van der Waals surface area contributed by atoms with Gasteiger partial charge in [-0.1, -0.05) is 90.9 Å². The number of unbranched alkanes of at least 4 members (excludes halogenated alkanes) is 10. The van der Waals surface area contributed by atoms with Crippen LogP contribution in [0.25, 0.3) is 0 Å². The van der Waals surface area contributed by atoms with E-state index in [1.165, 1.54) is 25.7 Å². The molecule has 1 rings (SSSR count). The summed E-state index contributed by atoms with van der Waals surface area (Å²) in [6.07, 6.45) is 15.7. The molecule has 0 aromatic rings. The second-order valence-electron chi connectivity index (χ2n) is 8.91. The van der Waals surface area contributed by atoms with Crippen LogP contribution in [-0.2, 0) is 20.0 Å². The Morgan fingerprint density at radius 3 is 1.27 bits per heavy atom. The molecule has 8 heteroatoms. The second-order valence-corrected chi connectivity index (χ2v) is 12.7. The highest BCUT2D eigenvalue weighted by Crippen LogP contribution is 2.21. The summed E-state index contributed by atoms with van der Waals surface area (Å²) in [4.78, 5) is 0. The van der Waals surface area contributed by atoms with Crippen LogP contribution in [0.2, 0.25) is 0 Å². The molecule has 1 saturated carbocycles. The van der Waals surface area contributed by atoms with Crippen molar-refractivity contribution in [1.82, 2.24) is 9.44 Å². The van der Waals surface area contributed by atoms with Gasteiger partial charge < -0.3 is 0 Å². The monoisotopic (exact) mass is 466 g/mol. The third kappa shape index (κ3) is 13.3. The highest BCUT2D eigenvalue weighted by atomic mass is 32.2. The average molecular weight is 467 g/mol. The fourth-order valence-electron chi connectivity index (χ4n) is 4.14. The zero-order chi connectivity index (χ0) is 22.3. The van der Waals surface area contributed by atoms with Gasteiger partial charge in [0.25, 0.3) is 0 Å². The standard InChI is InChI=1S/C22H46N2O4S2/c1-3-5-7-9-11-15-19-29(25,26)23-21-17-13-14-18-22(21)24-30(27,28)20-16-12-10-8-6-4-2/h21-24H,3-20H2,1-2H3. The fourth-order valence-corrected chi connectivity index (χ4v) is 7.03. The Morgan fingerprint density at radius 1 is 0.567 bits per heavy atom. The molecule has 0 radical (unpaired) electrons. The second kappa shape index (κ2) is 15.6. The van der Waals surface area contributed by atoms with Crippen molar-refractivity contribution in [1.29, 1.82) is 0 Å². The van der Waals surface area contributed by atoms with Crippen LogP contribution in [0.4, 0.5) is 0 Å². The van der Waals surface area contributed by atoms with Gasteiger partial charge in [-0.15, -0.1) is 0 Å². The maximum absolute atomic E-state index is 12.5. The molecule has 0 aliphatic heterocycles.